The number of nitrogens with zero attached hydrogens (tertiary/aromatic N) is 1. The van der Waals surface area contributed by atoms with Crippen LogP contribution in [-0.2, 0) is 5.41 Å². The molecule has 1 aromatic heterocycles. The van der Waals surface area contributed by atoms with E-state index < -0.39 is 0 Å². The molecule has 2 heteroatoms. The van der Waals surface area contributed by atoms with E-state index in [0.717, 1.165) is 33.9 Å². The van der Waals surface area contributed by atoms with Gasteiger partial charge in [-0.15, -0.1) is 0 Å². The van der Waals surface area contributed by atoms with Crippen molar-refractivity contribution in [1.29, 1.82) is 0 Å². The second-order valence-corrected chi connectivity index (χ2v) is 6.30. The van der Waals surface area contributed by atoms with Gasteiger partial charge in [-0.1, -0.05) is 56.8 Å². The first-order valence-electron chi connectivity index (χ1n) is 7.52. The molecule has 0 unspecified atom stereocenters. The molecular formula is C19H22N2. The highest BCUT2D eigenvalue weighted by molar-refractivity contribution is 6.02. The molecule has 108 valence electrons. The van der Waals surface area contributed by atoms with E-state index in [0.29, 0.717) is 0 Å². The van der Waals surface area contributed by atoms with E-state index in [4.69, 9.17) is 4.98 Å². The summed E-state index contributed by atoms with van der Waals surface area (Å²) in [6.07, 6.45) is 3.72. The summed E-state index contributed by atoms with van der Waals surface area (Å²) < 4.78 is 0. The van der Waals surface area contributed by atoms with E-state index in [9.17, 15) is 0 Å². The lowest BCUT2D eigenvalue weighted by Gasteiger charge is -2.36. The molecule has 1 aromatic carbocycles. The van der Waals surface area contributed by atoms with Crippen LogP contribution in [0.5, 0.6) is 0 Å². The van der Waals surface area contributed by atoms with Crippen molar-refractivity contribution in [3.63, 3.8) is 0 Å². The van der Waals surface area contributed by atoms with Gasteiger partial charge in [-0.05, 0) is 30.9 Å². The Morgan fingerprint density at radius 3 is 2.38 bits per heavy atom. The molecule has 0 atom stereocenters. The second kappa shape index (κ2) is 5.03. The van der Waals surface area contributed by atoms with Crippen molar-refractivity contribution in [3.8, 4) is 0 Å². The van der Waals surface area contributed by atoms with Crippen LogP contribution < -0.4 is 0 Å². The summed E-state index contributed by atoms with van der Waals surface area (Å²) >= 11 is 0. The summed E-state index contributed by atoms with van der Waals surface area (Å²) in [6.45, 7) is 12.8. The lowest BCUT2D eigenvalue weighted by molar-refractivity contribution is 0.258. The summed E-state index contributed by atoms with van der Waals surface area (Å²) in [4.78, 5) is 8.30. The number of aryl methyl sites for hydroxylation is 1. The van der Waals surface area contributed by atoms with Gasteiger partial charge in [-0.3, -0.25) is 0 Å². The first-order valence-corrected chi connectivity index (χ1v) is 7.52. The normalized spacial score (nSPS) is 16.3. The van der Waals surface area contributed by atoms with Crippen LogP contribution in [0.1, 0.15) is 49.0 Å². The number of hydrogen-bond acceptors (Lipinski definition) is 1. The van der Waals surface area contributed by atoms with Crippen molar-refractivity contribution in [2.45, 2.75) is 38.5 Å². The number of allylic oxidation sites excluding steroid dienone is 2. The quantitative estimate of drug-likeness (QED) is 0.793. The molecule has 0 spiro atoms. The number of H-pyrrole nitrogens is 1. The maximum Gasteiger partial charge on any atom is 0.112 e. The summed E-state index contributed by atoms with van der Waals surface area (Å²) in [5.41, 5.74) is 5.20. The topological polar surface area (TPSA) is 28.7 Å². The van der Waals surface area contributed by atoms with Crippen LogP contribution in [0, 0.1) is 6.92 Å². The van der Waals surface area contributed by atoms with Gasteiger partial charge in [-0.25, -0.2) is 4.98 Å². The van der Waals surface area contributed by atoms with Crippen LogP contribution in [0.15, 0.2) is 43.5 Å². The fourth-order valence-electron chi connectivity index (χ4n) is 2.94. The molecule has 0 saturated heterocycles. The second-order valence-electron chi connectivity index (χ2n) is 6.30. The standard InChI is InChI=1S/C19H22N2/c1-13(16-9-6-5-7-10-16)14(2)17-15(3)20-18(21-17)19(4)11-8-12-19/h5-7,9-10H,1-2,8,11-12H2,3-4H3,(H,20,21). The molecule has 1 aliphatic rings. The van der Waals surface area contributed by atoms with Crippen molar-refractivity contribution in [1.82, 2.24) is 9.97 Å². The molecule has 2 nitrogen and oxygen atoms in total. The monoisotopic (exact) mass is 278 g/mol. The molecule has 2 aromatic rings. The van der Waals surface area contributed by atoms with Gasteiger partial charge in [0.1, 0.15) is 5.82 Å². The molecule has 0 amide bonds. The fraction of sp³-hybridized carbons (Fsp3) is 0.316. The van der Waals surface area contributed by atoms with Crippen molar-refractivity contribution in [2.75, 3.05) is 0 Å². The van der Waals surface area contributed by atoms with Crippen molar-refractivity contribution in [2.24, 2.45) is 0 Å². The summed E-state index contributed by atoms with van der Waals surface area (Å²) in [5.74, 6) is 1.10. The third-order valence-electron chi connectivity index (χ3n) is 4.69. The van der Waals surface area contributed by atoms with Crippen molar-refractivity contribution < 1.29 is 0 Å². The van der Waals surface area contributed by atoms with Crippen LogP contribution in [0.25, 0.3) is 11.1 Å². The predicted octanol–water partition coefficient (Wildman–Crippen LogP) is 4.89. The molecule has 1 N–H and O–H groups in total. The smallest absolute Gasteiger partial charge is 0.112 e. The van der Waals surface area contributed by atoms with Crippen LogP contribution in [0.4, 0.5) is 0 Å². The average molecular weight is 278 g/mol. The maximum atomic E-state index is 4.83. The van der Waals surface area contributed by atoms with Gasteiger partial charge >= 0.3 is 0 Å². The number of aromatic nitrogens is 2. The SMILES string of the molecule is C=C(C(=C)c1nc(C2(C)CCC2)[nH]c1C)c1ccccc1. The number of aromatic amines is 1. The average Bonchev–Trinajstić information content (AvgIpc) is 2.86. The van der Waals surface area contributed by atoms with Crippen LogP contribution >= 0.6 is 0 Å². The molecule has 3 rings (SSSR count). The summed E-state index contributed by atoms with van der Waals surface area (Å²) in [7, 11) is 0. The first kappa shape index (κ1) is 13.9. The highest BCUT2D eigenvalue weighted by Crippen LogP contribution is 2.42. The Hall–Kier alpha value is -2.09. The molecule has 21 heavy (non-hydrogen) atoms. The Morgan fingerprint density at radius 2 is 1.81 bits per heavy atom. The molecule has 1 saturated carbocycles. The fourth-order valence-corrected chi connectivity index (χ4v) is 2.94. The highest BCUT2D eigenvalue weighted by Gasteiger charge is 2.37. The van der Waals surface area contributed by atoms with Gasteiger partial charge < -0.3 is 4.98 Å². The van der Waals surface area contributed by atoms with Crippen molar-refractivity contribution >= 4 is 11.1 Å². The third kappa shape index (κ3) is 2.35. The zero-order valence-corrected chi connectivity index (χ0v) is 12.9. The van der Waals surface area contributed by atoms with Gasteiger partial charge in [0.05, 0.1) is 5.69 Å². The minimum Gasteiger partial charge on any atom is -0.345 e. The van der Waals surface area contributed by atoms with Gasteiger partial charge in [-0.2, -0.15) is 0 Å². The van der Waals surface area contributed by atoms with E-state index >= 15 is 0 Å². The largest absolute Gasteiger partial charge is 0.345 e. The van der Waals surface area contributed by atoms with E-state index in [1.54, 1.807) is 0 Å². The molecule has 1 fully saturated rings. The Balaban J connectivity index is 1.90. The van der Waals surface area contributed by atoms with E-state index in [-0.39, 0.29) is 5.41 Å². The van der Waals surface area contributed by atoms with Gasteiger partial charge in [0.25, 0.3) is 0 Å². The minimum atomic E-state index is 0.220. The summed E-state index contributed by atoms with van der Waals surface area (Å²) in [6, 6.07) is 10.2. The molecular weight excluding hydrogens is 256 g/mol. The van der Waals surface area contributed by atoms with Gasteiger partial charge in [0, 0.05) is 16.7 Å². The van der Waals surface area contributed by atoms with Crippen LogP contribution in [0.3, 0.4) is 0 Å². The van der Waals surface area contributed by atoms with E-state index in [1.165, 1.54) is 19.3 Å². The Labute approximate surface area is 126 Å². The first-order chi connectivity index (χ1) is 10.0. The zero-order valence-electron chi connectivity index (χ0n) is 12.9. The van der Waals surface area contributed by atoms with E-state index in [2.05, 4.69) is 44.1 Å². The number of nitrogens with one attached hydrogen (secondary N) is 1. The van der Waals surface area contributed by atoms with Crippen LogP contribution in [0.2, 0.25) is 0 Å². The predicted molar refractivity (Wildman–Crippen MR) is 89.0 cm³/mol. The summed E-state index contributed by atoms with van der Waals surface area (Å²) in [5, 5.41) is 0. The highest BCUT2D eigenvalue weighted by atomic mass is 15.0. The molecule has 1 aliphatic carbocycles. The molecule has 0 aliphatic heterocycles. The van der Waals surface area contributed by atoms with E-state index in [1.807, 2.05) is 18.2 Å². The molecule has 1 heterocycles. The Kier molecular flexibility index (Phi) is 3.32. The number of imidazole rings is 1. The maximum absolute atomic E-state index is 4.83. The minimum absolute atomic E-state index is 0.220. The van der Waals surface area contributed by atoms with Gasteiger partial charge in [0.15, 0.2) is 0 Å². The molecule has 0 bridgehead atoms. The lowest BCUT2D eigenvalue weighted by atomic mass is 9.70. The lowest BCUT2D eigenvalue weighted by Crippen LogP contribution is -2.31. The number of benzene rings is 1. The Bertz CT molecular complexity index is 688. The van der Waals surface area contributed by atoms with Gasteiger partial charge in [0.2, 0.25) is 0 Å². The molecule has 0 radical (unpaired) electrons. The number of hydrogen-bond donors (Lipinski definition) is 1. The van der Waals surface area contributed by atoms with Crippen LogP contribution in [-0.4, -0.2) is 9.97 Å². The van der Waals surface area contributed by atoms with Crippen molar-refractivity contribution in [3.05, 3.63) is 66.3 Å². The number of rotatable bonds is 4. The zero-order chi connectivity index (χ0) is 15.0. The third-order valence-corrected chi connectivity index (χ3v) is 4.69. The Morgan fingerprint density at radius 1 is 1.14 bits per heavy atom.